The maximum absolute atomic E-state index is 5.95. The summed E-state index contributed by atoms with van der Waals surface area (Å²) in [5.41, 5.74) is 1.21. The average Bonchev–Trinajstić information content (AvgIpc) is 2.42. The number of nitrogens with one attached hydrogen (secondary N) is 1. The summed E-state index contributed by atoms with van der Waals surface area (Å²) < 4.78 is 11.8. The second kappa shape index (κ2) is 7.66. The van der Waals surface area contributed by atoms with Crippen molar-refractivity contribution in [1.82, 2.24) is 10.2 Å². The summed E-state index contributed by atoms with van der Waals surface area (Å²) in [7, 11) is 0. The predicted molar refractivity (Wildman–Crippen MR) is 86.1 cm³/mol. The van der Waals surface area contributed by atoms with Crippen molar-refractivity contribution in [1.29, 1.82) is 0 Å². The number of hydrogen-bond acceptors (Lipinski definition) is 4. The highest BCUT2D eigenvalue weighted by Gasteiger charge is 2.15. The third-order valence-electron chi connectivity index (χ3n) is 3.37. The van der Waals surface area contributed by atoms with E-state index < -0.39 is 0 Å². The lowest BCUT2D eigenvalue weighted by Crippen LogP contribution is -2.42. The van der Waals surface area contributed by atoms with E-state index in [2.05, 4.69) is 44.0 Å². The quantitative estimate of drug-likeness (QED) is 0.874. The van der Waals surface area contributed by atoms with Gasteiger partial charge in [-0.3, -0.25) is 4.90 Å². The van der Waals surface area contributed by atoms with Crippen molar-refractivity contribution in [2.45, 2.75) is 46.4 Å². The summed E-state index contributed by atoms with van der Waals surface area (Å²) in [6.07, 6.45) is 0.373. The van der Waals surface area contributed by atoms with Crippen LogP contribution in [0.4, 0.5) is 0 Å². The monoisotopic (exact) mass is 292 g/mol. The molecule has 0 spiro atoms. The number of benzene rings is 1. The van der Waals surface area contributed by atoms with Gasteiger partial charge in [0.05, 0.1) is 12.2 Å². The second-order valence-corrected chi connectivity index (χ2v) is 6.13. The fourth-order valence-corrected chi connectivity index (χ4v) is 2.50. The van der Waals surface area contributed by atoms with Gasteiger partial charge in [-0.1, -0.05) is 0 Å². The van der Waals surface area contributed by atoms with Gasteiger partial charge in [0, 0.05) is 38.3 Å². The highest BCUT2D eigenvalue weighted by atomic mass is 16.5. The topological polar surface area (TPSA) is 33.7 Å². The van der Waals surface area contributed by atoms with E-state index in [1.165, 1.54) is 5.56 Å². The molecule has 0 unspecified atom stereocenters. The molecule has 1 saturated heterocycles. The van der Waals surface area contributed by atoms with Crippen molar-refractivity contribution < 1.29 is 9.47 Å². The molecule has 118 valence electrons. The van der Waals surface area contributed by atoms with E-state index in [0.29, 0.717) is 0 Å². The first-order valence-corrected chi connectivity index (χ1v) is 7.94. The first-order chi connectivity index (χ1) is 10.0. The van der Waals surface area contributed by atoms with Crippen molar-refractivity contribution in [3.63, 3.8) is 0 Å². The van der Waals surface area contributed by atoms with Gasteiger partial charge in [0.15, 0.2) is 0 Å². The zero-order valence-electron chi connectivity index (χ0n) is 13.7. The summed E-state index contributed by atoms with van der Waals surface area (Å²) in [5.74, 6) is 1.89. The van der Waals surface area contributed by atoms with Gasteiger partial charge in [0.1, 0.15) is 11.5 Å². The molecule has 1 aromatic carbocycles. The normalized spacial score (nSPS) is 16.5. The minimum Gasteiger partial charge on any atom is -0.491 e. The third-order valence-corrected chi connectivity index (χ3v) is 3.37. The number of hydrogen-bond donors (Lipinski definition) is 1. The number of nitrogens with zero attached hydrogens (tertiary/aromatic N) is 1. The molecule has 2 rings (SSSR count). The van der Waals surface area contributed by atoms with Gasteiger partial charge in [-0.05, 0) is 45.9 Å². The molecule has 1 fully saturated rings. The van der Waals surface area contributed by atoms with Gasteiger partial charge in [0.2, 0.25) is 0 Å². The van der Waals surface area contributed by atoms with Gasteiger partial charge < -0.3 is 14.8 Å². The Hall–Kier alpha value is -1.26. The van der Waals surface area contributed by atoms with E-state index in [0.717, 1.165) is 44.2 Å². The van der Waals surface area contributed by atoms with Crippen LogP contribution in [0, 0.1) is 0 Å². The van der Waals surface area contributed by atoms with Crippen molar-refractivity contribution >= 4 is 0 Å². The molecule has 1 aliphatic heterocycles. The van der Waals surface area contributed by atoms with Crippen LogP contribution in [-0.4, -0.2) is 43.3 Å². The first-order valence-electron chi connectivity index (χ1n) is 7.94. The summed E-state index contributed by atoms with van der Waals surface area (Å²) in [4.78, 5) is 2.46. The van der Waals surface area contributed by atoms with Crippen LogP contribution in [0.15, 0.2) is 18.2 Å². The Morgan fingerprint density at radius 2 is 1.71 bits per heavy atom. The predicted octanol–water partition coefficient (Wildman–Crippen LogP) is 2.67. The Kier molecular flexibility index (Phi) is 5.88. The molecule has 4 heteroatoms. The Morgan fingerprint density at radius 3 is 2.33 bits per heavy atom. The fourth-order valence-electron chi connectivity index (χ4n) is 2.50. The second-order valence-electron chi connectivity index (χ2n) is 6.13. The molecule has 1 aromatic rings. The Bertz CT molecular complexity index is 440. The maximum Gasteiger partial charge on any atom is 0.124 e. The molecule has 0 bridgehead atoms. The van der Waals surface area contributed by atoms with Crippen LogP contribution in [0.2, 0.25) is 0 Å². The van der Waals surface area contributed by atoms with Crippen LogP contribution >= 0.6 is 0 Å². The van der Waals surface area contributed by atoms with E-state index in [1.807, 2.05) is 12.1 Å². The zero-order chi connectivity index (χ0) is 15.2. The third kappa shape index (κ3) is 5.21. The molecule has 1 N–H and O–H groups in total. The van der Waals surface area contributed by atoms with Crippen LogP contribution < -0.4 is 14.8 Å². The van der Waals surface area contributed by atoms with Crippen molar-refractivity contribution in [2.75, 3.05) is 26.2 Å². The number of piperazine rings is 1. The van der Waals surface area contributed by atoms with Gasteiger partial charge in [-0.25, -0.2) is 0 Å². The average molecular weight is 292 g/mol. The Labute approximate surface area is 128 Å². The van der Waals surface area contributed by atoms with Gasteiger partial charge in [-0.2, -0.15) is 0 Å². The molecule has 4 nitrogen and oxygen atoms in total. The number of ether oxygens (including phenoxy) is 2. The standard InChI is InChI=1S/C17H28N2O2/c1-13(2)20-16-5-6-17(21-14(3)4)15(11-16)12-19-9-7-18-8-10-19/h5-6,11,13-14,18H,7-10,12H2,1-4H3. The van der Waals surface area contributed by atoms with Crippen LogP contribution in [0.5, 0.6) is 11.5 Å². The van der Waals surface area contributed by atoms with Crippen LogP contribution in [0.3, 0.4) is 0 Å². The maximum atomic E-state index is 5.95. The smallest absolute Gasteiger partial charge is 0.124 e. The molecular weight excluding hydrogens is 264 g/mol. The fraction of sp³-hybridized carbons (Fsp3) is 0.647. The van der Waals surface area contributed by atoms with Crippen LogP contribution in [-0.2, 0) is 6.54 Å². The highest BCUT2D eigenvalue weighted by Crippen LogP contribution is 2.27. The summed E-state index contributed by atoms with van der Waals surface area (Å²) in [6, 6.07) is 6.16. The summed E-state index contributed by atoms with van der Waals surface area (Å²) >= 11 is 0. The zero-order valence-corrected chi connectivity index (χ0v) is 13.7. The lowest BCUT2D eigenvalue weighted by atomic mass is 10.1. The minimum atomic E-state index is 0.184. The summed E-state index contributed by atoms with van der Waals surface area (Å²) in [6.45, 7) is 13.4. The van der Waals surface area contributed by atoms with Crippen molar-refractivity contribution in [3.05, 3.63) is 23.8 Å². The van der Waals surface area contributed by atoms with Crippen molar-refractivity contribution in [2.24, 2.45) is 0 Å². The summed E-state index contributed by atoms with van der Waals surface area (Å²) in [5, 5.41) is 3.39. The molecule has 1 heterocycles. The highest BCUT2D eigenvalue weighted by molar-refractivity contribution is 5.40. The molecule has 21 heavy (non-hydrogen) atoms. The van der Waals surface area contributed by atoms with Crippen molar-refractivity contribution in [3.8, 4) is 11.5 Å². The molecule has 0 atom stereocenters. The van der Waals surface area contributed by atoms with Crippen LogP contribution in [0.25, 0.3) is 0 Å². The first kappa shape index (κ1) is 16.1. The van der Waals surface area contributed by atoms with Gasteiger partial charge >= 0.3 is 0 Å². The minimum absolute atomic E-state index is 0.184. The van der Waals surface area contributed by atoms with E-state index >= 15 is 0 Å². The van der Waals surface area contributed by atoms with Crippen LogP contribution in [0.1, 0.15) is 33.3 Å². The molecule has 0 aromatic heterocycles. The van der Waals surface area contributed by atoms with Gasteiger partial charge in [-0.15, -0.1) is 0 Å². The Balaban J connectivity index is 2.15. The lowest BCUT2D eigenvalue weighted by Gasteiger charge is -2.28. The molecule has 1 aliphatic rings. The van der Waals surface area contributed by atoms with E-state index in [4.69, 9.17) is 9.47 Å². The molecule has 0 amide bonds. The lowest BCUT2D eigenvalue weighted by molar-refractivity contribution is 0.211. The largest absolute Gasteiger partial charge is 0.491 e. The van der Waals surface area contributed by atoms with Gasteiger partial charge in [0.25, 0.3) is 0 Å². The Morgan fingerprint density at radius 1 is 1.05 bits per heavy atom. The van der Waals surface area contributed by atoms with E-state index in [1.54, 1.807) is 0 Å². The molecular formula is C17H28N2O2. The van der Waals surface area contributed by atoms with E-state index in [-0.39, 0.29) is 12.2 Å². The number of rotatable bonds is 6. The van der Waals surface area contributed by atoms with E-state index in [9.17, 15) is 0 Å². The molecule has 0 saturated carbocycles. The molecule has 0 radical (unpaired) electrons. The SMILES string of the molecule is CC(C)Oc1ccc(OC(C)C)c(CN2CCNCC2)c1. The molecule has 0 aliphatic carbocycles.